The number of nitrogens with one attached hydrogen (secondary N) is 4. The molecule has 0 spiro atoms. The first-order valence-corrected chi connectivity index (χ1v) is 11.6. The first kappa shape index (κ1) is 24.2. The van der Waals surface area contributed by atoms with Gasteiger partial charge in [-0.1, -0.05) is 12.1 Å². The molecule has 2 aromatic carbocycles. The van der Waals surface area contributed by atoms with Gasteiger partial charge in [0.15, 0.2) is 0 Å². The topological polar surface area (TPSA) is 142 Å². The van der Waals surface area contributed by atoms with Crippen LogP contribution in [0.2, 0.25) is 0 Å². The second kappa shape index (κ2) is 12.5. The van der Waals surface area contributed by atoms with Crippen molar-refractivity contribution in [3.63, 3.8) is 0 Å². The number of amides is 1. The monoisotopic (exact) mass is 478 g/mol. The van der Waals surface area contributed by atoms with E-state index < -0.39 is 0 Å². The molecule has 35 heavy (non-hydrogen) atoms. The zero-order chi connectivity index (χ0) is 24.3. The molecule has 184 valence electrons. The smallest absolute Gasteiger partial charge is 0.221 e. The van der Waals surface area contributed by atoms with Crippen molar-refractivity contribution in [3.8, 4) is 11.4 Å². The quantitative estimate of drug-likeness (QED) is 0.172. The van der Waals surface area contributed by atoms with Crippen LogP contribution < -0.4 is 20.7 Å². The Labute approximate surface area is 202 Å². The minimum atomic E-state index is -0.0146. The second-order valence-electron chi connectivity index (χ2n) is 7.97. The van der Waals surface area contributed by atoms with Crippen molar-refractivity contribution in [2.24, 2.45) is 0 Å². The largest absolute Gasteiger partial charge is 0.491 e. The second-order valence-corrected chi connectivity index (χ2v) is 7.97. The molecule has 4 rings (SSSR count). The Morgan fingerprint density at radius 3 is 2.86 bits per heavy atom. The van der Waals surface area contributed by atoms with E-state index in [-0.39, 0.29) is 19.1 Å². The maximum absolute atomic E-state index is 12.1. The number of anilines is 1. The van der Waals surface area contributed by atoms with Crippen LogP contribution in [0.5, 0.6) is 5.75 Å². The number of carbonyl (C=O) groups is 1. The fourth-order valence-electron chi connectivity index (χ4n) is 3.64. The van der Waals surface area contributed by atoms with Crippen molar-refractivity contribution in [2.75, 3.05) is 38.2 Å². The number of aromatic nitrogens is 5. The number of hydrogen-bond donors (Lipinski definition) is 5. The van der Waals surface area contributed by atoms with Crippen molar-refractivity contribution < 1.29 is 14.6 Å². The van der Waals surface area contributed by atoms with E-state index in [0.717, 1.165) is 40.0 Å². The van der Waals surface area contributed by atoms with E-state index >= 15 is 0 Å². The first-order chi connectivity index (χ1) is 17.2. The summed E-state index contributed by atoms with van der Waals surface area (Å²) < 4.78 is 7.25. The molecular weight excluding hydrogens is 448 g/mol. The molecule has 11 heteroatoms. The molecule has 0 fully saturated rings. The summed E-state index contributed by atoms with van der Waals surface area (Å²) in [6.07, 6.45) is 6.29. The molecule has 2 heterocycles. The van der Waals surface area contributed by atoms with E-state index in [2.05, 4.69) is 36.3 Å². The SMILES string of the molecule is O=C(CCNCc1cccc(OCCO)c1)NCCCNc1cc(-n2cnnc2)cc2[nH]ncc12. The molecule has 0 unspecified atom stereocenters. The van der Waals surface area contributed by atoms with Gasteiger partial charge in [-0.05, 0) is 36.2 Å². The van der Waals surface area contributed by atoms with Crippen LogP contribution in [0.25, 0.3) is 16.6 Å². The number of carbonyl (C=O) groups excluding carboxylic acids is 1. The molecule has 0 aliphatic heterocycles. The van der Waals surface area contributed by atoms with E-state index in [9.17, 15) is 4.79 Å². The lowest BCUT2D eigenvalue weighted by atomic mass is 10.2. The van der Waals surface area contributed by atoms with Gasteiger partial charge in [0.1, 0.15) is 25.0 Å². The fraction of sp³-hybridized carbons (Fsp3) is 0.333. The summed E-state index contributed by atoms with van der Waals surface area (Å²) >= 11 is 0. The number of aliphatic hydroxyl groups is 1. The van der Waals surface area contributed by atoms with Crippen LogP contribution in [0, 0.1) is 0 Å². The Bertz CT molecular complexity index is 1210. The van der Waals surface area contributed by atoms with Gasteiger partial charge in [0, 0.05) is 43.7 Å². The van der Waals surface area contributed by atoms with Crippen LogP contribution in [0.15, 0.2) is 55.2 Å². The van der Waals surface area contributed by atoms with Gasteiger partial charge in [-0.25, -0.2) is 0 Å². The molecular formula is C24H30N8O3. The van der Waals surface area contributed by atoms with Gasteiger partial charge in [-0.3, -0.25) is 14.5 Å². The summed E-state index contributed by atoms with van der Waals surface area (Å²) in [4.78, 5) is 12.1. The Kier molecular flexibility index (Phi) is 8.63. The van der Waals surface area contributed by atoms with Crippen LogP contribution in [0.4, 0.5) is 5.69 Å². The predicted molar refractivity (Wildman–Crippen MR) is 132 cm³/mol. The van der Waals surface area contributed by atoms with Crippen LogP contribution >= 0.6 is 0 Å². The van der Waals surface area contributed by atoms with E-state index in [0.29, 0.717) is 32.6 Å². The van der Waals surface area contributed by atoms with Gasteiger partial charge < -0.3 is 25.8 Å². The van der Waals surface area contributed by atoms with E-state index in [1.54, 1.807) is 18.9 Å². The number of hydrogen-bond acceptors (Lipinski definition) is 8. The predicted octanol–water partition coefficient (Wildman–Crippen LogP) is 1.61. The molecule has 2 aromatic heterocycles. The summed E-state index contributed by atoms with van der Waals surface area (Å²) in [5.41, 5.74) is 3.87. The van der Waals surface area contributed by atoms with Crippen LogP contribution in [-0.4, -0.2) is 68.8 Å². The maximum Gasteiger partial charge on any atom is 0.221 e. The number of ether oxygens (including phenoxy) is 1. The number of fused-ring (bicyclic) bond motifs is 1. The molecule has 4 aromatic rings. The number of benzene rings is 2. The third-order valence-electron chi connectivity index (χ3n) is 5.37. The molecule has 1 amide bonds. The van der Waals surface area contributed by atoms with Crippen molar-refractivity contribution in [3.05, 3.63) is 60.8 Å². The highest BCUT2D eigenvalue weighted by Crippen LogP contribution is 2.25. The van der Waals surface area contributed by atoms with Crippen molar-refractivity contribution >= 4 is 22.5 Å². The molecule has 11 nitrogen and oxygen atoms in total. The van der Waals surface area contributed by atoms with Gasteiger partial charge in [0.25, 0.3) is 0 Å². The van der Waals surface area contributed by atoms with E-state index in [1.165, 1.54) is 0 Å². The van der Waals surface area contributed by atoms with Crippen LogP contribution in [0.3, 0.4) is 0 Å². The Hall–Kier alpha value is -3.96. The van der Waals surface area contributed by atoms with Gasteiger partial charge in [0.2, 0.25) is 5.91 Å². The van der Waals surface area contributed by atoms with E-state index in [1.807, 2.05) is 41.0 Å². The van der Waals surface area contributed by atoms with E-state index in [4.69, 9.17) is 9.84 Å². The average molecular weight is 479 g/mol. The maximum atomic E-state index is 12.1. The van der Waals surface area contributed by atoms with Crippen molar-refractivity contribution in [1.82, 2.24) is 35.6 Å². The van der Waals surface area contributed by atoms with Gasteiger partial charge >= 0.3 is 0 Å². The Morgan fingerprint density at radius 1 is 1.11 bits per heavy atom. The lowest BCUT2D eigenvalue weighted by Gasteiger charge is -2.11. The summed E-state index contributed by atoms with van der Waals surface area (Å²) in [5, 5.41) is 34.4. The number of aliphatic hydroxyl groups excluding tert-OH is 1. The third kappa shape index (κ3) is 7.01. The highest BCUT2D eigenvalue weighted by atomic mass is 16.5. The Morgan fingerprint density at radius 2 is 2.00 bits per heavy atom. The minimum absolute atomic E-state index is 0.0146. The van der Waals surface area contributed by atoms with Gasteiger partial charge in [-0.15, -0.1) is 10.2 Å². The number of rotatable bonds is 14. The molecule has 0 aliphatic carbocycles. The molecule has 0 aliphatic rings. The lowest BCUT2D eigenvalue weighted by molar-refractivity contribution is -0.120. The summed E-state index contributed by atoms with van der Waals surface area (Å²) in [6.45, 7) is 2.79. The number of aromatic amines is 1. The zero-order valence-electron chi connectivity index (χ0n) is 19.4. The normalized spacial score (nSPS) is 11.0. The highest BCUT2D eigenvalue weighted by Gasteiger charge is 2.08. The fourth-order valence-corrected chi connectivity index (χ4v) is 3.64. The molecule has 0 saturated heterocycles. The number of nitrogens with zero attached hydrogens (tertiary/aromatic N) is 4. The Balaban J connectivity index is 1.14. The van der Waals surface area contributed by atoms with Crippen LogP contribution in [-0.2, 0) is 11.3 Å². The minimum Gasteiger partial charge on any atom is -0.491 e. The van der Waals surface area contributed by atoms with Gasteiger partial charge in [-0.2, -0.15) is 5.10 Å². The number of H-pyrrole nitrogens is 1. The summed E-state index contributed by atoms with van der Waals surface area (Å²) in [6, 6.07) is 11.7. The molecule has 0 saturated carbocycles. The molecule has 0 radical (unpaired) electrons. The summed E-state index contributed by atoms with van der Waals surface area (Å²) in [5.74, 6) is 0.744. The highest BCUT2D eigenvalue weighted by molar-refractivity contribution is 5.93. The standard InChI is InChI=1S/C24H30N8O3/c33-9-10-35-20-4-1-3-18(11-20)14-25-8-5-24(34)27-7-2-6-26-22-12-19(32-16-29-30-17-32)13-23-21(22)15-28-31-23/h1,3-4,11-13,15-17,25-26,33H,2,5-10,14H2,(H,27,34)(H,28,31). The lowest BCUT2D eigenvalue weighted by Crippen LogP contribution is -2.29. The molecule has 0 bridgehead atoms. The van der Waals surface area contributed by atoms with Crippen molar-refractivity contribution in [2.45, 2.75) is 19.4 Å². The first-order valence-electron chi connectivity index (χ1n) is 11.6. The molecule has 5 N–H and O–H groups in total. The third-order valence-corrected chi connectivity index (χ3v) is 5.37. The average Bonchev–Trinajstić information content (AvgIpc) is 3.58. The molecule has 0 atom stereocenters. The van der Waals surface area contributed by atoms with Crippen LogP contribution in [0.1, 0.15) is 18.4 Å². The zero-order valence-corrected chi connectivity index (χ0v) is 19.4. The summed E-state index contributed by atoms with van der Waals surface area (Å²) in [7, 11) is 0. The van der Waals surface area contributed by atoms with Crippen molar-refractivity contribution in [1.29, 1.82) is 0 Å². The van der Waals surface area contributed by atoms with Gasteiger partial charge in [0.05, 0.1) is 24.0 Å².